The summed E-state index contributed by atoms with van der Waals surface area (Å²) in [6, 6.07) is 0. The number of carbonyl (C=O) groups is 1. The third-order valence-electron chi connectivity index (χ3n) is 5.30. The highest BCUT2D eigenvalue weighted by molar-refractivity contribution is 5.94. The Labute approximate surface area is 160 Å². The van der Waals surface area contributed by atoms with Crippen LogP contribution in [-0.4, -0.2) is 27.7 Å². The molecule has 0 aromatic carbocycles. The molecule has 0 spiro atoms. The molecule has 3 nitrogen and oxygen atoms in total. The molecule has 2 N–H and O–H groups in total. The molecule has 0 radical (unpaired) electrons. The predicted octanol–water partition coefficient (Wildman–Crippen LogP) is 5.64. The summed E-state index contributed by atoms with van der Waals surface area (Å²) in [5.41, 5.74) is -0.990. The second-order valence-corrected chi connectivity index (χ2v) is 7.89. The van der Waals surface area contributed by atoms with Crippen molar-refractivity contribution >= 4 is 5.78 Å². The molecule has 1 aliphatic carbocycles. The quantitative estimate of drug-likeness (QED) is 0.292. The fourth-order valence-electron chi connectivity index (χ4n) is 3.54. The number of hydrogen-bond acceptors (Lipinski definition) is 3. The summed E-state index contributed by atoms with van der Waals surface area (Å²) in [6.07, 6.45) is 23.6. The van der Waals surface area contributed by atoms with E-state index in [-0.39, 0.29) is 12.2 Å². The zero-order valence-corrected chi connectivity index (χ0v) is 16.8. The first-order valence-corrected chi connectivity index (χ1v) is 10.9. The molecule has 2 atom stereocenters. The van der Waals surface area contributed by atoms with Crippen molar-refractivity contribution in [1.82, 2.24) is 0 Å². The minimum absolute atomic E-state index is 0.147. The average Bonchev–Trinajstić information content (AvgIpc) is 2.62. The molecule has 26 heavy (non-hydrogen) atoms. The zero-order chi connectivity index (χ0) is 19.1. The van der Waals surface area contributed by atoms with Crippen LogP contribution in [0.5, 0.6) is 0 Å². The van der Waals surface area contributed by atoms with Crippen LogP contribution in [0.25, 0.3) is 0 Å². The van der Waals surface area contributed by atoms with Crippen molar-refractivity contribution in [3.8, 4) is 0 Å². The van der Waals surface area contributed by atoms with Crippen LogP contribution >= 0.6 is 0 Å². The lowest BCUT2D eigenvalue weighted by Gasteiger charge is -2.29. The van der Waals surface area contributed by atoms with Gasteiger partial charge >= 0.3 is 0 Å². The van der Waals surface area contributed by atoms with Crippen LogP contribution in [0.1, 0.15) is 103 Å². The van der Waals surface area contributed by atoms with E-state index in [4.69, 9.17) is 0 Å². The molecule has 150 valence electrons. The molecule has 0 aliphatic heterocycles. The van der Waals surface area contributed by atoms with Gasteiger partial charge in [0, 0.05) is 6.42 Å². The highest BCUT2D eigenvalue weighted by atomic mass is 16.3. The van der Waals surface area contributed by atoms with Gasteiger partial charge in [-0.05, 0) is 44.3 Å². The molecule has 0 heterocycles. The predicted molar refractivity (Wildman–Crippen MR) is 109 cm³/mol. The molecule has 0 aromatic rings. The summed E-state index contributed by atoms with van der Waals surface area (Å²) in [7, 11) is 0. The minimum Gasteiger partial charge on any atom is -0.386 e. The maximum Gasteiger partial charge on any atom is 0.183 e. The normalized spacial score (nSPS) is 23.2. The highest BCUT2D eigenvalue weighted by Crippen LogP contribution is 2.26. The number of ketones is 1. The first kappa shape index (κ1) is 23.1. The number of hydrogen-bond donors (Lipinski definition) is 2. The van der Waals surface area contributed by atoms with Gasteiger partial charge in [0.15, 0.2) is 5.78 Å². The Morgan fingerprint density at radius 3 is 2.08 bits per heavy atom. The summed E-state index contributed by atoms with van der Waals surface area (Å²) in [6.45, 7) is 2.25. The summed E-state index contributed by atoms with van der Waals surface area (Å²) in [5.74, 6) is -0.291. The summed E-state index contributed by atoms with van der Waals surface area (Å²) in [5, 5.41) is 19.9. The van der Waals surface area contributed by atoms with Crippen molar-refractivity contribution in [3.63, 3.8) is 0 Å². The van der Waals surface area contributed by atoms with Crippen molar-refractivity contribution in [3.05, 3.63) is 24.3 Å². The Hall–Kier alpha value is -0.930. The fraction of sp³-hybridized carbons (Fsp3) is 0.783. The van der Waals surface area contributed by atoms with E-state index >= 15 is 0 Å². The van der Waals surface area contributed by atoms with E-state index in [1.54, 1.807) is 6.08 Å². The van der Waals surface area contributed by atoms with Gasteiger partial charge in [0.25, 0.3) is 0 Å². The molecule has 0 aromatic heterocycles. The fourth-order valence-corrected chi connectivity index (χ4v) is 3.54. The molecule has 0 bridgehead atoms. The van der Waals surface area contributed by atoms with Gasteiger partial charge in [-0.1, -0.05) is 76.9 Å². The van der Waals surface area contributed by atoms with E-state index in [0.29, 0.717) is 6.42 Å². The van der Waals surface area contributed by atoms with Crippen LogP contribution in [-0.2, 0) is 4.79 Å². The molecule has 0 fully saturated rings. The number of rotatable bonds is 15. The average molecular weight is 365 g/mol. The van der Waals surface area contributed by atoms with Crippen LogP contribution in [0.4, 0.5) is 0 Å². The van der Waals surface area contributed by atoms with E-state index in [9.17, 15) is 15.0 Å². The molecule has 0 saturated carbocycles. The largest absolute Gasteiger partial charge is 0.386 e. The lowest BCUT2D eigenvalue weighted by Crippen LogP contribution is -2.38. The number of unbranched alkanes of at least 4 members (excludes halogenated alkanes) is 11. The Kier molecular flexibility index (Phi) is 12.6. The minimum atomic E-state index is -1.03. The van der Waals surface area contributed by atoms with Crippen molar-refractivity contribution in [1.29, 1.82) is 0 Å². The number of carbonyl (C=O) groups excluding carboxylic acids is 1. The van der Waals surface area contributed by atoms with Crippen molar-refractivity contribution in [2.24, 2.45) is 0 Å². The van der Waals surface area contributed by atoms with Gasteiger partial charge in [-0.2, -0.15) is 0 Å². The van der Waals surface area contributed by atoms with Crippen molar-refractivity contribution in [2.45, 2.75) is 115 Å². The molecular weight excluding hydrogens is 324 g/mol. The van der Waals surface area contributed by atoms with E-state index in [1.807, 2.05) is 0 Å². The summed E-state index contributed by atoms with van der Waals surface area (Å²) < 4.78 is 0. The lowest BCUT2D eigenvalue weighted by atomic mass is 9.84. The van der Waals surface area contributed by atoms with E-state index in [1.165, 1.54) is 76.7 Å². The molecule has 0 unspecified atom stereocenters. The monoisotopic (exact) mass is 364 g/mol. The summed E-state index contributed by atoms with van der Waals surface area (Å²) in [4.78, 5) is 11.2. The highest BCUT2D eigenvalue weighted by Gasteiger charge is 2.33. The maximum absolute atomic E-state index is 11.2. The molecular formula is C23H40O3. The molecule has 1 aliphatic rings. The number of aliphatic hydroxyl groups excluding tert-OH is 1. The van der Waals surface area contributed by atoms with Crippen LogP contribution in [0.3, 0.4) is 0 Å². The van der Waals surface area contributed by atoms with Crippen molar-refractivity contribution in [2.75, 3.05) is 0 Å². The van der Waals surface area contributed by atoms with Gasteiger partial charge in [0.2, 0.25) is 0 Å². The van der Waals surface area contributed by atoms with Crippen LogP contribution < -0.4 is 0 Å². The Morgan fingerprint density at radius 2 is 1.50 bits per heavy atom. The number of allylic oxidation sites excluding steroid dienone is 2. The standard InChI is InChI=1S/C23H40O3/c1-2-3-4-5-6-7-8-9-10-11-12-13-14-15-16-18-23(26)19-17-21(24)22(25)20-23/h7-8,17,19,22,25-26H,2-6,9-16,18,20H2,1H3/t22-,23-/m0/s1. The van der Waals surface area contributed by atoms with Gasteiger partial charge in [-0.15, -0.1) is 0 Å². The van der Waals surface area contributed by atoms with E-state index < -0.39 is 11.7 Å². The molecule has 3 heteroatoms. The van der Waals surface area contributed by atoms with Crippen molar-refractivity contribution < 1.29 is 15.0 Å². The number of aliphatic hydroxyl groups is 2. The lowest BCUT2D eigenvalue weighted by molar-refractivity contribution is -0.126. The SMILES string of the molecule is CCCCCCC=CCCCCCCCCC[C@]1(O)C=CC(=O)[C@@H](O)C1. The second-order valence-electron chi connectivity index (χ2n) is 7.89. The van der Waals surface area contributed by atoms with Crippen LogP contribution in [0.2, 0.25) is 0 Å². The first-order chi connectivity index (χ1) is 12.6. The topological polar surface area (TPSA) is 57.5 Å². The maximum atomic E-state index is 11.2. The van der Waals surface area contributed by atoms with E-state index in [2.05, 4.69) is 19.1 Å². The van der Waals surface area contributed by atoms with Gasteiger partial charge in [0.1, 0.15) is 6.10 Å². The molecule has 0 saturated heterocycles. The smallest absolute Gasteiger partial charge is 0.183 e. The first-order valence-electron chi connectivity index (χ1n) is 10.9. The van der Waals surface area contributed by atoms with E-state index in [0.717, 1.165) is 12.8 Å². The molecule has 1 rings (SSSR count). The molecule has 0 amide bonds. The van der Waals surface area contributed by atoms with Gasteiger partial charge < -0.3 is 10.2 Å². The van der Waals surface area contributed by atoms with Crippen LogP contribution in [0.15, 0.2) is 24.3 Å². The Bertz CT molecular complexity index is 427. The third-order valence-corrected chi connectivity index (χ3v) is 5.30. The second kappa shape index (κ2) is 14.2. The van der Waals surface area contributed by atoms with Gasteiger partial charge in [-0.3, -0.25) is 4.79 Å². The zero-order valence-electron chi connectivity index (χ0n) is 16.8. The Balaban J connectivity index is 1.89. The van der Waals surface area contributed by atoms with Gasteiger partial charge in [0.05, 0.1) is 5.60 Å². The van der Waals surface area contributed by atoms with Crippen LogP contribution in [0, 0.1) is 0 Å². The Morgan fingerprint density at radius 1 is 0.962 bits per heavy atom. The summed E-state index contributed by atoms with van der Waals surface area (Å²) >= 11 is 0. The third kappa shape index (κ3) is 10.9. The van der Waals surface area contributed by atoms with Gasteiger partial charge in [-0.25, -0.2) is 0 Å².